The number of nitrogens with two attached hydrogens (primary N) is 1. The third-order valence-corrected chi connectivity index (χ3v) is 4.06. The first-order chi connectivity index (χ1) is 8.54. The minimum Gasteiger partial charge on any atom is -0.368 e. The van der Waals surface area contributed by atoms with Gasteiger partial charge in [0.05, 0.1) is 6.04 Å². The van der Waals surface area contributed by atoms with Gasteiger partial charge in [-0.1, -0.05) is 13.8 Å². The van der Waals surface area contributed by atoms with Crippen molar-refractivity contribution in [1.29, 1.82) is 0 Å². The van der Waals surface area contributed by atoms with Crippen LogP contribution in [0.2, 0.25) is 0 Å². The van der Waals surface area contributed by atoms with Gasteiger partial charge in [0.2, 0.25) is 5.91 Å². The standard InChI is InChI=1S/C14H29N3O/c1-4-9-16-13(14(15)18)10-17(3)12-7-5-11(2)6-8-12/h11-13,16H,4-10H2,1-3H3,(H2,15,18). The summed E-state index contributed by atoms with van der Waals surface area (Å²) in [5.41, 5.74) is 5.45. The summed E-state index contributed by atoms with van der Waals surface area (Å²) >= 11 is 0. The van der Waals surface area contributed by atoms with Gasteiger partial charge in [-0.25, -0.2) is 0 Å². The highest BCUT2D eigenvalue weighted by Gasteiger charge is 2.25. The molecule has 0 spiro atoms. The van der Waals surface area contributed by atoms with E-state index in [0.29, 0.717) is 6.04 Å². The number of primary amides is 1. The minimum absolute atomic E-state index is 0.214. The van der Waals surface area contributed by atoms with E-state index in [2.05, 4.69) is 31.1 Å². The minimum atomic E-state index is -0.237. The molecule has 0 saturated heterocycles. The maximum Gasteiger partial charge on any atom is 0.235 e. The van der Waals surface area contributed by atoms with E-state index in [1.807, 2.05) is 0 Å². The van der Waals surface area contributed by atoms with Crippen molar-refractivity contribution in [3.8, 4) is 0 Å². The van der Waals surface area contributed by atoms with Crippen molar-refractivity contribution < 1.29 is 4.79 Å². The highest BCUT2D eigenvalue weighted by molar-refractivity contribution is 5.80. The Morgan fingerprint density at radius 3 is 2.50 bits per heavy atom. The lowest BCUT2D eigenvalue weighted by atomic mass is 9.86. The molecule has 1 amide bonds. The van der Waals surface area contributed by atoms with Crippen LogP contribution in [0.25, 0.3) is 0 Å². The van der Waals surface area contributed by atoms with Crippen LogP contribution in [-0.2, 0) is 4.79 Å². The van der Waals surface area contributed by atoms with Crippen molar-refractivity contribution in [3.63, 3.8) is 0 Å². The third kappa shape index (κ3) is 4.94. The molecule has 0 bridgehead atoms. The summed E-state index contributed by atoms with van der Waals surface area (Å²) in [5.74, 6) is 0.624. The number of nitrogens with one attached hydrogen (secondary N) is 1. The Morgan fingerprint density at radius 2 is 2.00 bits per heavy atom. The summed E-state index contributed by atoms with van der Waals surface area (Å²) in [5, 5.41) is 3.23. The van der Waals surface area contributed by atoms with Gasteiger partial charge in [-0.2, -0.15) is 0 Å². The molecule has 0 heterocycles. The molecule has 1 rings (SSSR count). The van der Waals surface area contributed by atoms with Gasteiger partial charge < -0.3 is 16.0 Å². The second kappa shape index (κ2) is 7.74. The largest absolute Gasteiger partial charge is 0.368 e. The van der Waals surface area contributed by atoms with Crippen molar-refractivity contribution in [3.05, 3.63) is 0 Å². The second-order valence-corrected chi connectivity index (χ2v) is 5.76. The molecular weight excluding hydrogens is 226 g/mol. The zero-order valence-corrected chi connectivity index (χ0v) is 12.1. The molecule has 1 saturated carbocycles. The summed E-state index contributed by atoms with van der Waals surface area (Å²) in [6.07, 6.45) is 6.12. The van der Waals surface area contributed by atoms with Crippen molar-refractivity contribution in [1.82, 2.24) is 10.2 Å². The van der Waals surface area contributed by atoms with Crippen LogP contribution in [0, 0.1) is 5.92 Å². The number of nitrogens with zero attached hydrogens (tertiary/aromatic N) is 1. The molecule has 4 nitrogen and oxygen atoms in total. The van der Waals surface area contributed by atoms with Crippen LogP contribution >= 0.6 is 0 Å². The molecule has 0 aromatic heterocycles. The fourth-order valence-electron chi connectivity index (χ4n) is 2.69. The average molecular weight is 255 g/mol. The Morgan fingerprint density at radius 1 is 1.39 bits per heavy atom. The predicted molar refractivity (Wildman–Crippen MR) is 75.3 cm³/mol. The molecule has 0 aromatic carbocycles. The van der Waals surface area contributed by atoms with Crippen LogP contribution in [0.1, 0.15) is 46.0 Å². The number of carbonyl (C=O) groups excluding carboxylic acids is 1. The number of hydrogen-bond acceptors (Lipinski definition) is 3. The summed E-state index contributed by atoms with van der Waals surface area (Å²) in [4.78, 5) is 13.7. The van der Waals surface area contributed by atoms with Crippen molar-refractivity contribution in [2.75, 3.05) is 20.1 Å². The number of amides is 1. The molecule has 0 aromatic rings. The zero-order chi connectivity index (χ0) is 13.5. The van der Waals surface area contributed by atoms with E-state index >= 15 is 0 Å². The molecule has 4 heteroatoms. The number of rotatable bonds is 7. The Balaban J connectivity index is 2.40. The van der Waals surface area contributed by atoms with E-state index in [1.54, 1.807) is 0 Å². The molecule has 1 aliphatic rings. The van der Waals surface area contributed by atoms with E-state index < -0.39 is 0 Å². The Bertz CT molecular complexity index is 249. The van der Waals surface area contributed by atoms with Crippen LogP contribution in [0.15, 0.2) is 0 Å². The lowest BCUT2D eigenvalue weighted by Gasteiger charge is -2.35. The van der Waals surface area contributed by atoms with Gasteiger partial charge >= 0.3 is 0 Å². The first-order valence-electron chi connectivity index (χ1n) is 7.27. The fourth-order valence-corrected chi connectivity index (χ4v) is 2.69. The van der Waals surface area contributed by atoms with Crippen molar-refractivity contribution in [2.24, 2.45) is 11.7 Å². The molecular formula is C14H29N3O. The topological polar surface area (TPSA) is 58.4 Å². The maximum atomic E-state index is 11.4. The quantitative estimate of drug-likeness (QED) is 0.722. The molecule has 1 unspecified atom stereocenters. The zero-order valence-electron chi connectivity index (χ0n) is 12.1. The molecule has 1 aliphatic carbocycles. The van der Waals surface area contributed by atoms with Crippen LogP contribution < -0.4 is 11.1 Å². The third-order valence-electron chi connectivity index (χ3n) is 4.06. The van der Waals surface area contributed by atoms with E-state index in [0.717, 1.165) is 25.4 Å². The van der Waals surface area contributed by atoms with E-state index in [4.69, 9.17) is 5.73 Å². The smallest absolute Gasteiger partial charge is 0.235 e. The highest BCUT2D eigenvalue weighted by atomic mass is 16.1. The molecule has 106 valence electrons. The summed E-state index contributed by atoms with van der Waals surface area (Å²) in [6, 6.07) is 0.403. The van der Waals surface area contributed by atoms with Gasteiger partial charge in [0, 0.05) is 12.6 Å². The number of hydrogen-bond donors (Lipinski definition) is 2. The van der Waals surface area contributed by atoms with Gasteiger partial charge in [0.25, 0.3) is 0 Å². The van der Waals surface area contributed by atoms with Gasteiger partial charge in [-0.15, -0.1) is 0 Å². The van der Waals surface area contributed by atoms with E-state index in [9.17, 15) is 4.79 Å². The normalized spacial score (nSPS) is 26.2. The van der Waals surface area contributed by atoms with Crippen LogP contribution in [-0.4, -0.2) is 43.0 Å². The second-order valence-electron chi connectivity index (χ2n) is 5.76. The van der Waals surface area contributed by atoms with Crippen LogP contribution in [0.3, 0.4) is 0 Å². The first kappa shape index (κ1) is 15.4. The molecule has 1 fully saturated rings. The Labute approximate surface area is 111 Å². The van der Waals surface area contributed by atoms with Crippen LogP contribution in [0.5, 0.6) is 0 Å². The average Bonchev–Trinajstić information content (AvgIpc) is 2.34. The van der Waals surface area contributed by atoms with Gasteiger partial charge in [-0.05, 0) is 51.6 Å². The first-order valence-corrected chi connectivity index (χ1v) is 7.27. The van der Waals surface area contributed by atoms with E-state index in [1.165, 1.54) is 25.7 Å². The summed E-state index contributed by atoms with van der Waals surface area (Å²) in [7, 11) is 2.12. The Hall–Kier alpha value is -0.610. The van der Waals surface area contributed by atoms with Crippen LogP contribution in [0.4, 0.5) is 0 Å². The number of carbonyl (C=O) groups is 1. The molecule has 3 N–H and O–H groups in total. The Kier molecular flexibility index (Phi) is 6.65. The van der Waals surface area contributed by atoms with Gasteiger partial charge in [0.15, 0.2) is 0 Å². The lowest BCUT2D eigenvalue weighted by Crippen LogP contribution is -2.51. The van der Waals surface area contributed by atoms with Gasteiger partial charge in [0.1, 0.15) is 0 Å². The summed E-state index contributed by atoms with van der Waals surface area (Å²) < 4.78 is 0. The molecule has 1 atom stereocenters. The molecule has 0 aliphatic heterocycles. The maximum absolute atomic E-state index is 11.4. The summed E-state index contributed by atoms with van der Waals surface area (Å²) in [6.45, 7) is 6.00. The van der Waals surface area contributed by atoms with Crippen molar-refractivity contribution >= 4 is 5.91 Å². The van der Waals surface area contributed by atoms with Gasteiger partial charge in [-0.3, -0.25) is 4.79 Å². The monoisotopic (exact) mass is 255 g/mol. The lowest BCUT2D eigenvalue weighted by molar-refractivity contribution is -0.120. The molecule has 0 radical (unpaired) electrons. The highest BCUT2D eigenvalue weighted by Crippen LogP contribution is 2.26. The van der Waals surface area contributed by atoms with Crippen molar-refractivity contribution in [2.45, 2.75) is 58.0 Å². The molecule has 18 heavy (non-hydrogen) atoms. The SMILES string of the molecule is CCCNC(CN(C)C1CCC(C)CC1)C(N)=O. The van der Waals surface area contributed by atoms with E-state index in [-0.39, 0.29) is 11.9 Å². The number of likely N-dealkylation sites (N-methyl/N-ethyl adjacent to an activating group) is 1. The predicted octanol–water partition coefficient (Wildman–Crippen LogP) is 1.35. The fraction of sp³-hybridized carbons (Fsp3) is 0.929.